The highest BCUT2D eigenvalue weighted by Gasteiger charge is 2.27. The maximum absolute atomic E-state index is 12.8. The highest BCUT2D eigenvalue weighted by molar-refractivity contribution is 7.89. The second kappa shape index (κ2) is 8.59. The number of hydrogen-bond donors (Lipinski definition) is 1. The van der Waals surface area contributed by atoms with Gasteiger partial charge in [0.15, 0.2) is 0 Å². The number of aryl methyl sites for hydroxylation is 1. The lowest BCUT2D eigenvalue weighted by Crippen LogP contribution is -2.38. The van der Waals surface area contributed by atoms with E-state index in [0.717, 1.165) is 9.87 Å². The first-order chi connectivity index (χ1) is 12.1. The van der Waals surface area contributed by atoms with Crippen LogP contribution in [0.1, 0.15) is 12.5 Å². The molecule has 0 atom stereocenters. The van der Waals surface area contributed by atoms with E-state index in [1.807, 2.05) is 6.92 Å². The Morgan fingerprint density at radius 2 is 1.77 bits per heavy atom. The van der Waals surface area contributed by atoms with Gasteiger partial charge in [-0.1, -0.05) is 47.8 Å². The highest BCUT2D eigenvalue weighted by Crippen LogP contribution is 2.27. The lowest BCUT2D eigenvalue weighted by molar-refractivity contribution is -0.116. The van der Waals surface area contributed by atoms with Crippen molar-refractivity contribution in [1.29, 1.82) is 0 Å². The summed E-state index contributed by atoms with van der Waals surface area (Å²) in [5.74, 6) is -0.492. The Labute approximate surface area is 167 Å². The summed E-state index contributed by atoms with van der Waals surface area (Å²) >= 11 is 17.9. The maximum atomic E-state index is 12.8. The van der Waals surface area contributed by atoms with E-state index in [1.165, 1.54) is 18.2 Å². The van der Waals surface area contributed by atoms with Crippen molar-refractivity contribution in [3.8, 4) is 0 Å². The van der Waals surface area contributed by atoms with Crippen molar-refractivity contribution >= 4 is 56.4 Å². The zero-order chi connectivity index (χ0) is 19.5. The second-order valence-corrected chi connectivity index (χ2v) is 8.68. The van der Waals surface area contributed by atoms with Crippen LogP contribution in [0.4, 0.5) is 5.69 Å². The quantitative estimate of drug-likeness (QED) is 0.721. The average Bonchev–Trinajstić information content (AvgIpc) is 2.58. The van der Waals surface area contributed by atoms with Crippen LogP contribution in [0.2, 0.25) is 15.1 Å². The van der Waals surface area contributed by atoms with Crippen LogP contribution >= 0.6 is 34.8 Å². The van der Waals surface area contributed by atoms with Gasteiger partial charge in [0.05, 0.1) is 11.6 Å². The van der Waals surface area contributed by atoms with Crippen LogP contribution in [-0.2, 0) is 14.8 Å². The van der Waals surface area contributed by atoms with E-state index in [0.29, 0.717) is 10.7 Å². The fraction of sp³-hybridized carbons (Fsp3) is 0.235. The third kappa shape index (κ3) is 4.90. The molecule has 9 heteroatoms. The molecule has 0 unspecified atom stereocenters. The standard InChI is InChI=1S/C17H17Cl3N2O3S/c1-3-22(26(24,25)16-8-12(18)5-7-14(16)19)10-17(23)21-13-6-4-11(2)15(20)9-13/h4-9H,3,10H2,1-2H3,(H,21,23). The summed E-state index contributed by atoms with van der Waals surface area (Å²) in [6.07, 6.45) is 0. The fourth-order valence-corrected chi connectivity index (χ4v) is 4.54. The summed E-state index contributed by atoms with van der Waals surface area (Å²) in [6, 6.07) is 9.22. The largest absolute Gasteiger partial charge is 0.325 e. The third-order valence-electron chi connectivity index (χ3n) is 3.64. The summed E-state index contributed by atoms with van der Waals surface area (Å²) < 4.78 is 26.6. The molecule has 1 N–H and O–H groups in total. The smallest absolute Gasteiger partial charge is 0.245 e. The topological polar surface area (TPSA) is 66.5 Å². The highest BCUT2D eigenvalue weighted by atomic mass is 35.5. The van der Waals surface area contributed by atoms with Gasteiger partial charge in [-0.2, -0.15) is 4.31 Å². The molecule has 0 saturated carbocycles. The van der Waals surface area contributed by atoms with Crippen LogP contribution in [0, 0.1) is 6.92 Å². The molecule has 1 amide bonds. The van der Waals surface area contributed by atoms with Crippen molar-refractivity contribution in [3.63, 3.8) is 0 Å². The van der Waals surface area contributed by atoms with E-state index < -0.39 is 15.9 Å². The number of hydrogen-bond acceptors (Lipinski definition) is 3. The Kier molecular flexibility index (Phi) is 6.93. The van der Waals surface area contributed by atoms with E-state index in [4.69, 9.17) is 34.8 Å². The molecular weight excluding hydrogens is 419 g/mol. The first-order valence-electron chi connectivity index (χ1n) is 7.66. The predicted molar refractivity (Wildman–Crippen MR) is 106 cm³/mol. The van der Waals surface area contributed by atoms with Crippen LogP contribution in [0.25, 0.3) is 0 Å². The van der Waals surface area contributed by atoms with Gasteiger partial charge in [0.25, 0.3) is 0 Å². The zero-order valence-electron chi connectivity index (χ0n) is 14.1. The molecule has 0 spiro atoms. The van der Waals surface area contributed by atoms with Gasteiger partial charge in [0, 0.05) is 22.3 Å². The Morgan fingerprint density at radius 3 is 2.38 bits per heavy atom. The zero-order valence-corrected chi connectivity index (χ0v) is 17.2. The van der Waals surface area contributed by atoms with Crippen molar-refractivity contribution in [3.05, 3.63) is 57.0 Å². The third-order valence-corrected chi connectivity index (χ3v) is 6.68. The molecule has 0 aromatic heterocycles. The van der Waals surface area contributed by atoms with Crippen LogP contribution in [-0.4, -0.2) is 31.7 Å². The van der Waals surface area contributed by atoms with Gasteiger partial charge in [-0.25, -0.2) is 8.42 Å². The average molecular weight is 436 g/mol. The Bertz CT molecular complexity index is 933. The van der Waals surface area contributed by atoms with Crippen molar-refractivity contribution in [2.75, 3.05) is 18.4 Å². The van der Waals surface area contributed by atoms with Crippen molar-refractivity contribution in [2.24, 2.45) is 0 Å². The number of rotatable bonds is 6. The first-order valence-corrected chi connectivity index (χ1v) is 10.2. The molecule has 5 nitrogen and oxygen atoms in total. The number of nitrogens with one attached hydrogen (secondary N) is 1. The maximum Gasteiger partial charge on any atom is 0.245 e. The summed E-state index contributed by atoms with van der Waals surface area (Å²) in [6.45, 7) is 3.19. The molecule has 0 heterocycles. The Hall–Kier alpha value is -1.31. The van der Waals surface area contributed by atoms with Gasteiger partial charge in [-0.3, -0.25) is 4.79 Å². The number of amides is 1. The lowest BCUT2D eigenvalue weighted by Gasteiger charge is -2.21. The van der Waals surface area contributed by atoms with E-state index >= 15 is 0 Å². The number of benzene rings is 2. The first kappa shape index (κ1) is 21.0. The number of likely N-dealkylation sites (N-methyl/N-ethyl adjacent to an activating group) is 1. The summed E-state index contributed by atoms with van der Waals surface area (Å²) in [5, 5.41) is 3.42. The van der Waals surface area contributed by atoms with Crippen molar-refractivity contribution < 1.29 is 13.2 Å². The number of halogens is 3. The molecule has 140 valence electrons. The Morgan fingerprint density at radius 1 is 1.08 bits per heavy atom. The summed E-state index contributed by atoms with van der Waals surface area (Å²) in [7, 11) is -3.98. The molecular formula is C17H17Cl3N2O3S. The molecule has 0 radical (unpaired) electrons. The molecule has 0 bridgehead atoms. The number of anilines is 1. The lowest BCUT2D eigenvalue weighted by atomic mass is 10.2. The predicted octanol–water partition coefficient (Wildman–Crippen LogP) is 4.60. The minimum absolute atomic E-state index is 0.0403. The minimum Gasteiger partial charge on any atom is -0.325 e. The van der Waals surface area contributed by atoms with E-state index in [1.54, 1.807) is 25.1 Å². The van der Waals surface area contributed by atoms with E-state index in [2.05, 4.69) is 5.32 Å². The molecule has 0 aliphatic heterocycles. The molecule has 0 fully saturated rings. The van der Waals surface area contributed by atoms with Crippen LogP contribution in [0.5, 0.6) is 0 Å². The van der Waals surface area contributed by atoms with Crippen LogP contribution in [0.3, 0.4) is 0 Å². The number of carbonyl (C=O) groups excluding carboxylic acids is 1. The SMILES string of the molecule is CCN(CC(=O)Nc1ccc(C)c(Cl)c1)S(=O)(=O)c1cc(Cl)ccc1Cl. The normalized spacial score (nSPS) is 11.6. The molecule has 0 aliphatic rings. The van der Waals surface area contributed by atoms with Gasteiger partial charge in [-0.05, 0) is 42.8 Å². The van der Waals surface area contributed by atoms with E-state index in [9.17, 15) is 13.2 Å². The van der Waals surface area contributed by atoms with Crippen LogP contribution < -0.4 is 5.32 Å². The molecule has 2 aromatic carbocycles. The molecule has 0 aliphatic carbocycles. The number of sulfonamides is 1. The molecule has 2 rings (SSSR count). The summed E-state index contributed by atoms with van der Waals surface area (Å²) in [4.78, 5) is 12.1. The molecule has 26 heavy (non-hydrogen) atoms. The van der Waals surface area contributed by atoms with Crippen molar-refractivity contribution in [2.45, 2.75) is 18.7 Å². The van der Waals surface area contributed by atoms with Crippen molar-refractivity contribution in [1.82, 2.24) is 4.31 Å². The fourth-order valence-electron chi connectivity index (χ4n) is 2.21. The number of carbonyl (C=O) groups is 1. The summed E-state index contributed by atoms with van der Waals surface area (Å²) in [5.41, 5.74) is 1.36. The van der Waals surface area contributed by atoms with E-state index in [-0.39, 0.29) is 28.0 Å². The minimum atomic E-state index is -3.98. The number of nitrogens with zero attached hydrogens (tertiary/aromatic N) is 1. The second-order valence-electron chi connectivity index (χ2n) is 5.52. The monoisotopic (exact) mass is 434 g/mol. The molecule has 2 aromatic rings. The Balaban J connectivity index is 2.20. The van der Waals surface area contributed by atoms with Gasteiger partial charge in [0.1, 0.15) is 4.90 Å². The molecule has 0 saturated heterocycles. The van der Waals surface area contributed by atoms with Gasteiger partial charge in [-0.15, -0.1) is 0 Å². The van der Waals surface area contributed by atoms with Gasteiger partial charge < -0.3 is 5.32 Å². The van der Waals surface area contributed by atoms with Crippen LogP contribution in [0.15, 0.2) is 41.3 Å². The van der Waals surface area contributed by atoms with Gasteiger partial charge >= 0.3 is 0 Å². The van der Waals surface area contributed by atoms with Gasteiger partial charge in [0.2, 0.25) is 15.9 Å².